The van der Waals surface area contributed by atoms with E-state index in [-0.39, 0.29) is 17.8 Å². The minimum Gasteiger partial charge on any atom is -0.481 e. The normalized spacial score (nSPS) is 11.6. The summed E-state index contributed by atoms with van der Waals surface area (Å²) in [4.78, 5) is 10.5. The molecular weight excluding hydrogens is 299 g/mol. The second kappa shape index (κ2) is 5.12. The van der Waals surface area contributed by atoms with Crippen molar-refractivity contribution in [2.45, 2.75) is 12.6 Å². The van der Waals surface area contributed by atoms with E-state index in [1.807, 2.05) is 0 Å². The Morgan fingerprint density at radius 1 is 1.40 bits per heavy atom. The van der Waals surface area contributed by atoms with E-state index in [4.69, 9.17) is 16.7 Å². The zero-order valence-electron chi connectivity index (χ0n) is 9.73. The maximum absolute atomic E-state index is 12.7. The molecule has 0 spiro atoms. The second-order valence-corrected chi connectivity index (χ2v) is 4.29. The number of carboxylic acids is 1. The molecule has 0 saturated carbocycles. The first-order valence-corrected chi connectivity index (χ1v) is 5.65. The van der Waals surface area contributed by atoms with E-state index in [0.717, 1.165) is 16.8 Å². The molecule has 0 aliphatic heterocycles. The van der Waals surface area contributed by atoms with Crippen LogP contribution < -0.4 is 0 Å². The van der Waals surface area contributed by atoms with Crippen molar-refractivity contribution < 1.29 is 23.1 Å². The summed E-state index contributed by atoms with van der Waals surface area (Å²) >= 11 is 5.50. The average Bonchev–Trinajstić information content (AvgIpc) is 2.75. The summed E-state index contributed by atoms with van der Waals surface area (Å²) in [6, 6.07) is 3.25. The predicted octanol–water partition coefficient (Wildman–Crippen LogP) is 2.57. The van der Waals surface area contributed by atoms with E-state index in [2.05, 4.69) is 10.3 Å². The number of carboxylic acid groups (broad SMARTS) is 1. The van der Waals surface area contributed by atoms with Crippen LogP contribution in [0.2, 0.25) is 5.02 Å². The monoisotopic (exact) mass is 305 g/mol. The largest absolute Gasteiger partial charge is 0.481 e. The summed E-state index contributed by atoms with van der Waals surface area (Å²) < 4.78 is 39.2. The van der Waals surface area contributed by atoms with E-state index >= 15 is 0 Å². The van der Waals surface area contributed by atoms with Crippen molar-refractivity contribution in [2.75, 3.05) is 0 Å². The molecule has 0 amide bonds. The molecule has 5 nitrogen and oxygen atoms in total. The van der Waals surface area contributed by atoms with Crippen LogP contribution in [0.25, 0.3) is 5.69 Å². The molecular formula is C11H7ClF3N3O2. The maximum atomic E-state index is 12.7. The number of aromatic nitrogens is 3. The molecule has 1 aromatic carbocycles. The first-order chi connectivity index (χ1) is 9.27. The van der Waals surface area contributed by atoms with Gasteiger partial charge in [-0.1, -0.05) is 16.8 Å². The van der Waals surface area contributed by atoms with Gasteiger partial charge in [-0.2, -0.15) is 13.2 Å². The van der Waals surface area contributed by atoms with Crippen LogP contribution in [-0.2, 0) is 17.4 Å². The number of hydrogen-bond acceptors (Lipinski definition) is 3. The Morgan fingerprint density at radius 3 is 2.70 bits per heavy atom. The highest BCUT2D eigenvalue weighted by molar-refractivity contribution is 6.31. The van der Waals surface area contributed by atoms with Crippen LogP contribution in [0.1, 0.15) is 11.3 Å². The molecule has 2 rings (SSSR count). The minimum atomic E-state index is -4.59. The van der Waals surface area contributed by atoms with E-state index < -0.39 is 22.7 Å². The van der Waals surface area contributed by atoms with Crippen LogP contribution in [0.5, 0.6) is 0 Å². The molecule has 0 bridgehead atoms. The quantitative estimate of drug-likeness (QED) is 0.946. The third-order valence-corrected chi connectivity index (χ3v) is 2.72. The number of alkyl halides is 3. The Kier molecular flexibility index (Phi) is 3.67. The summed E-state index contributed by atoms with van der Waals surface area (Å²) in [6.45, 7) is 0. The molecule has 2 aromatic rings. The van der Waals surface area contributed by atoms with Crippen molar-refractivity contribution in [3.05, 3.63) is 40.7 Å². The molecule has 0 unspecified atom stereocenters. The van der Waals surface area contributed by atoms with Crippen molar-refractivity contribution in [2.24, 2.45) is 0 Å². The second-order valence-electron chi connectivity index (χ2n) is 3.89. The molecule has 0 aliphatic carbocycles. The predicted molar refractivity (Wildman–Crippen MR) is 62.7 cm³/mol. The number of hydrogen-bond donors (Lipinski definition) is 1. The van der Waals surface area contributed by atoms with Crippen LogP contribution >= 0.6 is 11.6 Å². The zero-order chi connectivity index (χ0) is 14.9. The van der Waals surface area contributed by atoms with E-state index in [0.29, 0.717) is 0 Å². The van der Waals surface area contributed by atoms with Gasteiger partial charge in [-0.25, -0.2) is 4.68 Å². The highest BCUT2D eigenvalue weighted by Gasteiger charge is 2.33. The lowest BCUT2D eigenvalue weighted by atomic mass is 10.2. The molecule has 0 aliphatic rings. The molecule has 0 atom stereocenters. The molecule has 0 fully saturated rings. The summed E-state index contributed by atoms with van der Waals surface area (Å²) in [5.74, 6) is -1.11. The average molecular weight is 306 g/mol. The van der Waals surface area contributed by atoms with Crippen molar-refractivity contribution in [1.82, 2.24) is 15.0 Å². The first-order valence-electron chi connectivity index (χ1n) is 5.27. The zero-order valence-corrected chi connectivity index (χ0v) is 10.5. The number of aliphatic carboxylic acids is 1. The van der Waals surface area contributed by atoms with Crippen molar-refractivity contribution in [1.29, 1.82) is 0 Å². The summed E-state index contributed by atoms with van der Waals surface area (Å²) in [5.41, 5.74) is -0.765. The maximum Gasteiger partial charge on any atom is 0.417 e. The topological polar surface area (TPSA) is 68.0 Å². The molecule has 1 aromatic heterocycles. The Balaban J connectivity index is 2.38. The van der Waals surface area contributed by atoms with Crippen LogP contribution in [0.15, 0.2) is 24.4 Å². The van der Waals surface area contributed by atoms with Gasteiger partial charge >= 0.3 is 12.1 Å². The van der Waals surface area contributed by atoms with Gasteiger partial charge in [-0.15, -0.1) is 5.10 Å². The summed E-state index contributed by atoms with van der Waals surface area (Å²) in [7, 11) is 0. The van der Waals surface area contributed by atoms with Crippen molar-refractivity contribution >= 4 is 17.6 Å². The number of nitrogens with zero attached hydrogens (tertiary/aromatic N) is 3. The molecule has 106 valence electrons. The van der Waals surface area contributed by atoms with Gasteiger partial charge in [0.1, 0.15) is 0 Å². The van der Waals surface area contributed by atoms with E-state index in [9.17, 15) is 18.0 Å². The van der Waals surface area contributed by atoms with Gasteiger partial charge in [-0.3, -0.25) is 4.79 Å². The molecule has 1 N–H and O–H groups in total. The van der Waals surface area contributed by atoms with Crippen LogP contribution in [0, 0.1) is 0 Å². The lowest BCUT2D eigenvalue weighted by molar-refractivity contribution is -0.138. The fourth-order valence-corrected chi connectivity index (χ4v) is 1.76. The Bertz CT molecular complexity index is 655. The highest BCUT2D eigenvalue weighted by atomic mass is 35.5. The molecule has 20 heavy (non-hydrogen) atoms. The highest BCUT2D eigenvalue weighted by Crippen LogP contribution is 2.35. The van der Waals surface area contributed by atoms with E-state index in [1.165, 1.54) is 12.3 Å². The van der Waals surface area contributed by atoms with Gasteiger partial charge in [0.15, 0.2) is 0 Å². The van der Waals surface area contributed by atoms with Gasteiger partial charge in [0, 0.05) is 0 Å². The van der Waals surface area contributed by atoms with Gasteiger partial charge in [0.25, 0.3) is 0 Å². The van der Waals surface area contributed by atoms with Crippen molar-refractivity contribution in [3.63, 3.8) is 0 Å². The molecule has 0 radical (unpaired) electrons. The fraction of sp³-hybridized carbons (Fsp3) is 0.182. The molecule has 9 heteroatoms. The van der Waals surface area contributed by atoms with Crippen LogP contribution in [-0.4, -0.2) is 26.1 Å². The smallest absolute Gasteiger partial charge is 0.417 e. The van der Waals surface area contributed by atoms with Gasteiger partial charge in [-0.05, 0) is 18.2 Å². The Morgan fingerprint density at radius 2 is 2.10 bits per heavy atom. The number of halogens is 4. The molecule has 0 saturated heterocycles. The van der Waals surface area contributed by atoms with E-state index in [1.54, 1.807) is 0 Å². The Hall–Kier alpha value is -2.09. The first kappa shape index (κ1) is 14.3. The molecule has 1 heterocycles. The number of carbonyl (C=O) groups is 1. The van der Waals surface area contributed by atoms with Gasteiger partial charge in [0.05, 0.1) is 34.6 Å². The SMILES string of the molecule is O=C(O)Cc1cn(-c2ccc(Cl)c(C(F)(F)F)c2)nn1. The standard InChI is InChI=1S/C11H7ClF3N3O2/c12-9-2-1-7(4-8(9)11(13,14)15)18-5-6(16-17-18)3-10(19)20/h1-2,4-5H,3H2,(H,19,20). The summed E-state index contributed by atoms with van der Waals surface area (Å²) in [6.07, 6.45) is -3.70. The lowest BCUT2D eigenvalue weighted by Gasteiger charge is -2.10. The third kappa shape index (κ3) is 3.08. The van der Waals surface area contributed by atoms with Crippen LogP contribution in [0.4, 0.5) is 13.2 Å². The fourth-order valence-electron chi connectivity index (χ4n) is 1.53. The lowest BCUT2D eigenvalue weighted by Crippen LogP contribution is -2.07. The van der Waals surface area contributed by atoms with Crippen molar-refractivity contribution in [3.8, 4) is 5.69 Å². The Labute approximate surface area is 115 Å². The third-order valence-electron chi connectivity index (χ3n) is 2.39. The minimum absolute atomic E-state index is 0.0888. The van der Waals surface area contributed by atoms with Gasteiger partial charge in [0.2, 0.25) is 0 Å². The van der Waals surface area contributed by atoms with Crippen LogP contribution in [0.3, 0.4) is 0 Å². The number of rotatable bonds is 3. The summed E-state index contributed by atoms with van der Waals surface area (Å²) in [5, 5.41) is 15.3. The number of benzene rings is 1. The van der Waals surface area contributed by atoms with Gasteiger partial charge < -0.3 is 5.11 Å².